The number of nitrogens with one attached hydrogen (secondary N) is 2. The molecule has 0 radical (unpaired) electrons. The first-order valence-corrected chi connectivity index (χ1v) is 6.52. The molecule has 1 aliphatic rings. The third-order valence-electron chi connectivity index (χ3n) is 3.08. The molecule has 1 amide bonds. The molecule has 1 fully saturated rings. The number of hydrogen-bond acceptors (Lipinski definition) is 2. The first kappa shape index (κ1) is 13.3. The minimum Gasteiger partial charge on any atom is -0.348 e. The molecular formula is C13H16ClFN2O. The van der Waals surface area contributed by atoms with E-state index in [0.29, 0.717) is 0 Å². The monoisotopic (exact) mass is 270 g/mol. The smallest absolute Gasteiger partial charge is 0.253 e. The summed E-state index contributed by atoms with van der Waals surface area (Å²) in [6, 6.07) is 4.35. The number of amides is 1. The van der Waals surface area contributed by atoms with Crippen LogP contribution in [0.3, 0.4) is 0 Å². The van der Waals surface area contributed by atoms with Crippen molar-refractivity contribution in [2.24, 2.45) is 0 Å². The highest BCUT2D eigenvalue weighted by Crippen LogP contribution is 2.19. The van der Waals surface area contributed by atoms with E-state index in [-0.39, 0.29) is 22.5 Å². The SMILES string of the molecule is O=C(NC1CCCCNC1)c1cccc(F)c1Cl. The van der Waals surface area contributed by atoms with Crippen LogP contribution in [0.4, 0.5) is 4.39 Å². The van der Waals surface area contributed by atoms with Crippen molar-refractivity contribution in [1.29, 1.82) is 0 Å². The van der Waals surface area contributed by atoms with E-state index in [0.717, 1.165) is 32.4 Å². The summed E-state index contributed by atoms with van der Waals surface area (Å²) >= 11 is 5.79. The van der Waals surface area contributed by atoms with Crippen LogP contribution in [0.25, 0.3) is 0 Å². The molecule has 1 heterocycles. The number of rotatable bonds is 2. The van der Waals surface area contributed by atoms with E-state index in [9.17, 15) is 9.18 Å². The van der Waals surface area contributed by atoms with Gasteiger partial charge in [-0.05, 0) is 31.5 Å². The topological polar surface area (TPSA) is 41.1 Å². The normalized spacial score (nSPS) is 20.2. The average Bonchev–Trinajstić information content (AvgIpc) is 2.61. The number of carbonyl (C=O) groups excluding carboxylic acids is 1. The van der Waals surface area contributed by atoms with Gasteiger partial charge < -0.3 is 10.6 Å². The quantitative estimate of drug-likeness (QED) is 0.866. The van der Waals surface area contributed by atoms with Gasteiger partial charge in [0, 0.05) is 12.6 Å². The lowest BCUT2D eigenvalue weighted by Crippen LogP contribution is -2.40. The first-order valence-electron chi connectivity index (χ1n) is 6.14. The van der Waals surface area contributed by atoms with Gasteiger partial charge in [-0.25, -0.2) is 4.39 Å². The summed E-state index contributed by atoms with van der Waals surface area (Å²) in [5.41, 5.74) is 0.195. The summed E-state index contributed by atoms with van der Waals surface area (Å²) in [7, 11) is 0. The fourth-order valence-corrected chi connectivity index (χ4v) is 2.30. The van der Waals surface area contributed by atoms with E-state index in [1.807, 2.05) is 0 Å². The molecular weight excluding hydrogens is 255 g/mol. The molecule has 1 unspecified atom stereocenters. The van der Waals surface area contributed by atoms with Gasteiger partial charge in [0.05, 0.1) is 10.6 Å². The van der Waals surface area contributed by atoms with Gasteiger partial charge in [0.2, 0.25) is 0 Å². The molecule has 1 aromatic carbocycles. The molecule has 5 heteroatoms. The van der Waals surface area contributed by atoms with Crippen LogP contribution < -0.4 is 10.6 Å². The Morgan fingerprint density at radius 2 is 2.28 bits per heavy atom. The molecule has 0 bridgehead atoms. The van der Waals surface area contributed by atoms with Crippen LogP contribution in [-0.2, 0) is 0 Å². The van der Waals surface area contributed by atoms with Crippen LogP contribution in [0.1, 0.15) is 29.6 Å². The molecule has 2 N–H and O–H groups in total. The Balaban J connectivity index is 2.04. The molecule has 1 aromatic rings. The second-order valence-electron chi connectivity index (χ2n) is 4.47. The van der Waals surface area contributed by atoms with E-state index in [1.165, 1.54) is 18.2 Å². The van der Waals surface area contributed by atoms with Gasteiger partial charge >= 0.3 is 0 Å². The predicted molar refractivity (Wildman–Crippen MR) is 69.4 cm³/mol. The molecule has 3 nitrogen and oxygen atoms in total. The highest BCUT2D eigenvalue weighted by atomic mass is 35.5. The molecule has 1 atom stereocenters. The summed E-state index contributed by atoms with van der Waals surface area (Å²) in [6.45, 7) is 1.73. The zero-order valence-electron chi connectivity index (χ0n) is 10.0. The van der Waals surface area contributed by atoms with Gasteiger partial charge in [-0.1, -0.05) is 24.1 Å². The Bertz CT molecular complexity index is 431. The molecule has 0 saturated carbocycles. The van der Waals surface area contributed by atoms with Crippen LogP contribution in [0.15, 0.2) is 18.2 Å². The van der Waals surface area contributed by atoms with Crippen molar-refractivity contribution in [3.8, 4) is 0 Å². The predicted octanol–water partition coefficient (Wildman–Crippen LogP) is 2.35. The van der Waals surface area contributed by atoms with Gasteiger partial charge in [-0.3, -0.25) is 4.79 Å². The molecule has 18 heavy (non-hydrogen) atoms. The minimum absolute atomic E-state index is 0.0827. The van der Waals surface area contributed by atoms with Crippen LogP contribution in [0, 0.1) is 5.82 Å². The van der Waals surface area contributed by atoms with Gasteiger partial charge in [0.15, 0.2) is 0 Å². The summed E-state index contributed by atoms with van der Waals surface area (Å²) in [4.78, 5) is 12.0. The number of benzene rings is 1. The molecule has 98 valence electrons. The van der Waals surface area contributed by atoms with Crippen LogP contribution in [0.2, 0.25) is 5.02 Å². The van der Waals surface area contributed by atoms with Crippen molar-refractivity contribution < 1.29 is 9.18 Å². The lowest BCUT2D eigenvalue weighted by atomic mass is 10.1. The maximum absolute atomic E-state index is 13.3. The van der Waals surface area contributed by atoms with Crippen LogP contribution in [-0.4, -0.2) is 25.0 Å². The lowest BCUT2D eigenvalue weighted by molar-refractivity contribution is 0.0935. The fraction of sp³-hybridized carbons (Fsp3) is 0.462. The summed E-state index contributed by atoms with van der Waals surface area (Å²) in [5, 5.41) is 6.03. The van der Waals surface area contributed by atoms with E-state index >= 15 is 0 Å². The highest BCUT2D eigenvalue weighted by Gasteiger charge is 2.18. The van der Waals surface area contributed by atoms with Crippen molar-refractivity contribution in [2.75, 3.05) is 13.1 Å². The van der Waals surface area contributed by atoms with Crippen molar-refractivity contribution in [3.63, 3.8) is 0 Å². The Morgan fingerprint density at radius 1 is 1.44 bits per heavy atom. The summed E-state index contributed by atoms with van der Waals surface area (Å²) in [6.07, 6.45) is 3.13. The van der Waals surface area contributed by atoms with Crippen molar-refractivity contribution in [1.82, 2.24) is 10.6 Å². The second-order valence-corrected chi connectivity index (χ2v) is 4.85. The van der Waals surface area contributed by atoms with Crippen LogP contribution in [0.5, 0.6) is 0 Å². The van der Waals surface area contributed by atoms with E-state index in [1.54, 1.807) is 0 Å². The average molecular weight is 271 g/mol. The lowest BCUT2D eigenvalue weighted by Gasteiger charge is -2.16. The van der Waals surface area contributed by atoms with Crippen molar-refractivity contribution in [3.05, 3.63) is 34.6 Å². The highest BCUT2D eigenvalue weighted by molar-refractivity contribution is 6.34. The van der Waals surface area contributed by atoms with E-state index < -0.39 is 5.82 Å². The Labute approximate surface area is 111 Å². The summed E-state index contributed by atoms with van der Waals surface area (Å²) < 4.78 is 13.3. The minimum atomic E-state index is -0.566. The second kappa shape index (κ2) is 6.16. The van der Waals surface area contributed by atoms with Crippen molar-refractivity contribution >= 4 is 17.5 Å². The van der Waals surface area contributed by atoms with E-state index in [4.69, 9.17) is 11.6 Å². The standard InChI is InChI=1S/C13H16ClFN2O/c14-12-10(5-3-6-11(12)15)13(18)17-9-4-1-2-7-16-8-9/h3,5-6,9,16H,1-2,4,7-8H2,(H,17,18). The van der Waals surface area contributed by atoms with E-state index in [2.05, 4.69) is 10.6 Å². The molecule has 0 aromatic heterocycles. The first-order chi connectivity index (χ1) is 8.68. The summed E-state index contributed by atoms with van der Waals surface area (Å²) in [5.74, 6) is -0.878. The van der Waals surface area contributed by atoms with Gasteiger partial charge in [0.1, 0.15) is 5.82 Å². The molecule has 1 saturated heterocycles. The number of hydrogen-bond donors (Lipinski definition) is 2. The zero-order chi connectivity index (χ0) is 13.0. The molecule has 0 spiro atoms. The largest absolute Gasteiger partial charge is 0.348 e. The third-order valence-corrected chi connectivity index (χ3v) is 3.46. The fourth-order valence-electron chi connectivity index (χ4n) is 2.08. The van der Waals surface area contributed by atoms with Crippen molar-refractivity contribution in [2.45, 2.75) is 25.3 Å². The number of halogens is 2. The van der Waals surface area contributed by atoms with Gasteiger partial charge in [0.25, 0.3) is 5.91 Å². The van der Waals surface area contributed by atoms with Gasteiger partial charge in [-0.15, -0.1) is 0 Å². The Morgan fingerprint density at radius 3 is 3.11 bits per heavy atom. The third kappa shape index (κ3) is 3.21. The zero-order valence-corrected chi connectivity index (χ0v) is 10.8. The molecule has 1 aliphatic heterocycles. The van der Waals surface area contributed by atoms with Gasteiger partial charge in [-0.2, -0.15) is 0 Å². The maximum atomic E-state index is 13.3. The Kier molecular flexibility index (Phi) is 4.55. The molecule has 0 aliphatic carbocycles. The van der Waals surface area contributed by atoms with Crippen LogP contribution >= 0.6 is 11.6 Å². The Hall–Kier alpha value is -1.13. The maximum Gasteiger partial charge on any atom is 0.253 e. The number of carbonyl (C=O) groups is 1. The molecule has 2 rings (SSSR count).